The van der Waals surface area contributed by atoms with E-state index < -0.39 is 11.2 Å². The number of thiazole rings is 1. The van der Waals surface area contributed by atoms with Gasteiger partial charge in [-0.05, 0) is 18.3 Å². The van der Waals surface area contributed by atoms with E-state index in [1.807, 2.05) is 0 Å². The average Bonchev–Trinajstić information content (AvgIpc) is 2.77. The van der Waals surface area contributed by atoms with Gasteiger partial charge in [0.05, 0.1) is 0 Å². The summed E-state index contributed by atoms with van der Waals surface area (Å²) >= 11 is 0.679. The molecule has 2 N–H and O–H groups in total. The van der Waals surface area contributed by atoms with E-state index >= 15 is 0 Å². The lowest BCUT2D eigenvalue weighted by molar-refractivity contribution is -0.137. The minimum atomic E-state index is -4.36. The summed E-state index contributed by atoms with van der Waals surface area (Å²) in [5, 5.41) is -0.799. The van der Waals surface area contributed by atoms with Gasteiger partial charge in [0.15, 0.2) is 5.01 Å². The Morgan fingerprint density at radius 2 is 1.94 bits per heavy atom. The minimum Gasteiger partial charge on any atom is -0.323 e. The molecule has 6 heteroatoms. The van der Waals surface area contributed by atoms with Gasteiger partial charge in [0.25, 0.3) is 0 Å². The maximum Gasteiger partial charge on any atom is 0.443 e. The molecule has 0 aromatic carbocycles. The van der Waals surface area contributed by atoms with Gasteiger partial charge in [0.2, 0.25) is 0 Å². The third-order valence-electron chi connectivity index (χ3n) is 3.82. The summed E-state index contributed by atoms with van der Waals surface area (Å²) in [7, 11) is 0. The van der Waals surface area contributed by atoms with Crippen molar-refractivity contribution in [1.29, 1.82) is 0 Å². The van der Waals surface area contributed by atoms with Gasteiger partial charge in [-0.1, -0.05) is 26.2 Å². The quantitative estimate of drug-likeness (QED) is 0.883. The van der Waals surface area contributed by atoms with Crippen molar-refractivity contribution in [3.05, 3.63) is 16.1 Å². The molecule has 1 unspecified atom stereocenters. The Balaban J connectivity index is 2.18. The molecular weight excluding hydrogens is 261 g/mol. The zero-order valence-electron chi connectivity index (χ0n) is 10.3. The summed E-state index contributed by atoms with van der Waals surface area (Å²) in [6, 6.07) is -0.341. The number of rotatable bonds is 2. The maximum atomic E-state index is 12.5. The molecule has 1 aliphatic rings. The second kappa shape index (κ2) is 4.81. The fourth-order valence-corrected chi connectivity index (χ4v) is 3.54. The minimum absolute atomic E-state index is 0.0896. The number of halogens is 3. The number of aromatic nitrogens is 1. The predicted molar refractivity (Wildman–Crippen MR) is 65.2 cm³/mol. The van der Waals surface area contributed by atoms with Crippen LogP contribution in [-0.4, -0.2) is 4.98 Å². The number of hydrogen-bond acceptors (Lipinski definition) is 3. The normalized spacial score (nSPS) is 21.8. The zero-order chi connectivity index (χ0) is 13.4. The van der Waals surface area contributed by atoms with E-state index in [-0.39, 0.29) is 11.5 Å². The van der Waals surface area contributed by atoms with E-state index in [1.165, 1.54) is 12.6 Å². The molecule has 0 amide bonds. The number of nitrogens with two attached hydrogens (primary N) is 1. The number of nitrogens with zero attached hydrogens (tertiary/aromatic N) is 1. The number of alkyl halides is 3. The van der Waals surface area contributed by atoms with Crippen LogP contribution in [-0.2, 0) is 6.18 Å². The van der Waals surface area contributed by atoms with Crippen LogP contribution in [0.3, 0.4) is 0 Å². The van der Waals surface area contributed by atoms with Gasteiger partial charge in [0, 0.05) is 17.1 Å². The van der Waals surface area contributed by atoms with E-state index in [0.29, 0.717) is 16.2 Å². The average molecular weight is 278 g/mol. The number of hydrogen-bond donors (Lipinski definition) is 1. The van der Waals surface area contributed by atoms with Crippen LogP contribution in [0, 0.1) is 5.41 Å². The molecule has 1 fully saturated rings. The van der Waals surface area contributed by atoms with Crippen LogP contribution in [0.25, 0.3) is 0 Å². The molecule has 1 aromatic rings. The van der Waals surface area contributed by atoms with Gasteiger partial charge < -0.3 is 5.73 Å². The molecule has 1 heterocycles. The first-order chi connectivity index (χ1) is 8.33. The van der Waals surface area contributed by atoms with Crippen molar-refractivity contribution < 1.29 is 13.2 Å². The summed E-state index contributed by atoms with van der Waals surface area (Å²) in [5.41, 5.74) is 6.07. The zero-order valence-corrected chi connectivity index (χ0v) is 11.1. The Hall–Kier alpha value is -0.620. The Morgan fingerprint density at radius 1 is 1.33 bits per heavy atom. The van der Waals surface area contributed by atoms with Crippen molar-refractivity contribution in [3.63, 3.8) is 0 Å². The summed E-state index contributed by atoms with van der Waals surface area (Å²) in [6.45, 7) is 2.07. The highest BCUT2D eigenvalue weighted by molar-refractivity contribution is 7.11. The predicted octanol–water partition coefficient (Wildman–Crippen LogP) is 4.13. The van der Waals surface area contributed by atoms with Crippen molar-refractivity contribution in [3.8, 4) is 0 Å². The third kappa shape index (κ3) is 2.69. The van der Waals surface area contributed by atoms with Crippen molar-refractivity contribution in [1.82, 2.24) is 4.98 Å². The molecule has 102 valence electrons. The molecule has 0 bridgehead atoms. The van der Waals surface area contributed by atoms with E-state index in [2.05, 4.69) is 11.9 Å². The fourth-order valence-electron chi connectivity index (χ4n) is 2.58. The van der Waals surface area contributed by atoms with Crippen LogP contribution in [0.5, 0.6) is 0 Å². The molecule has 0 aliphatic heterocycles. The van der Waals surface area contributed by atoms with Crippen molar-refractivity contribution >= 4 is 11.3 Å². The first-order valence-corrected chi connectivity index (χ1v) is 6.93. The van der Waals surface area contributed by atoms with E-state index in [4.69, 9.17) is 5.73 Å². The van der Waals surface area contributed by atoms with Crippen LogP contribution in [0.1, 0.15) is 55.0 Å². The van der Waals surface area contributed by atoms with Crippen molar-refractivity contribution in [2.45, 2.75) is 51.2 Å². The van der Waals surface area contributed by atoms with Gasteiger partial charge in [-0.25, -0.2) is 4.98 Å². The summed E-state index contributed by atoms with van der Waals surface area (Å²) in [4.78, 5) is 4.00. The molecule has 0 spiro atoms. The van der Waals surface area contributed by atoms with E-state index in [0.717, 1.165) is 25.7 Å². The SMILES string of the molecule is CC1(C(N)c2cnc(C(F)(F)F)s2)CCCCC1. The van der Waals surface area contributed by atoms with Gasteiger partial charge >= 0.3 is 6.18 Å². The summed E-state index contributed by atoms with van der Waals surface area (Å²) in [5.74, 6) is 0. The molecule has 1 atom stereocenters. The lowest BCUT2D eigenvalue weighted by atomic mass is 9.70. The molecule has 18 heavy (non-hydrogen) atoms. The fraction of sp³-hybridized carbons (Fsp3) is 0.750. The Bertz CT molecular complexity index is 408. The molecule has 0 radical (unpaired) electrons. The van der Waals surface area contributed by atoms with Gasteiger partial charge in [0.1, 0.15) is 0 Å². The highest BCUT2D eigenvalue weighted by atomic mass is 32.1. The molecule has 2 nitrogen and oxygen atoms in total. The van der Waals surface area contributed by atoms with Crippen LogP contribution in [0.2, 0.25) is 0 Å². The topological polar surface area (TPSA) is 38.9 Å². The Labute approximate surface area is 108 Å². The molecule has 1 saturated carbocycles. The van der Waals surface area contributed by atoms with E-state index in [9.17, 15) is 13.2 Å². The standard InChI is InChI=1S/C12H17F3N2S/c1-11(5-3-2-4-6-11)9(16)8-7-17-10(18-8)12(13,14)15/h7,9H,2-6,16H2,1H3. The molecule has 1 aliphatic carbocycles. The van der Waals surface area contributed by atoms with Crippen molar-refractivity contribution in [2.75, 3.05) is 0 Å². The third-order valence-corrected chi connectivity index (χ3v) is 4.94. The van der Waals surface area contributed by atoms with E-state index in [1.54, 1.807) is 0 Å². The van der Waals surface area contributed by atoms with Crippen LogP contribution >= 0.6 is 11.3 Å². The Morgan fingerprint density at radius 3 is 2.44 bits per heavy atom. The highest BCUT2D eigenvalue weighted by Crippen LogP contribution is 2.46. The van der Waals surface area contributed by atoms with Crippen LogP contribution < -0.4 is 5.73 Å². The first-order valence-electron chi connectivity index (χ1n) is 6.11. The molecule has 2 rings (SSSR count). The molecular formula is C12H17F3N2S. The first kappa shape index (κ1) is 13.8. The smallest absolute Gasteiger partial charge is 0.323 e. The molecule has 1 aromatic heterocycles. The lowest BCUT2D eigenvalue weighted by Crippen LogP contribution is -2.33. The lowest BCUT2D eigenvalue weighted by Gasteiger charge is -2.38. The monoisotopic (exact) mass is 278 g/mol. The van der Waals surface area contributed by atoms with Gasteiger partial charge in [-0.15, -0.1) is 11.3 Å². The largest absolute Gasteiger partial charge is 0.443 e. The van der Waals surface area contributed by atoms with Crippen LogP contribution in [0.15, 0.2) is 6.20 Å². The highest BCUT2D eigenvalue weighted by Gasteiger charge is 2.38. The maximum absolute atomic E-state index is 12.5. The van der Waals surface area contributed by atoms with Gasteiger partial charge in [-0.2, -0.15) is 13.2 Å². The summed E-state index contributed by atoms with van der Waals surface area (Å²) < 4.78 is 37.5. The summed E-state index contributed by atoms with van der Waals surface area (Å²) in [6.07, 6.45) is 2.29. The Kier molecular flexibility index (Phi) is 3.69. The second-order valence-corrected chi connectivity index (χ2v) is 6.32. The van der Waals surface area contributed by atoms with Crippen molar-refractivity contribution in [2.24, 2.45) is 11.1 Å². The second-order valence-electron chi connectivity index (χ2n) is 5.26. The van der Waals surface area contributed by atoms with Gasteiger partial charge in [-0.3, -0.25) is 0 Å². The van der Waals surface area contributed by atoms with Crippen LogP contribution in [0.4, 0.5) is 13.2 Å². The molecule has 0 saturated heterocycles.